The monoisotopic (exact) mass is 398 g/mol. The third-order valence-corrected chi connectivity index (χ3v) is 4.40. The fourth-order valence-corrected chi connectivity index (χ4v) is 2.96. The van der Waals surface area contributed by atoms with Crippen molar-refractivity contribution in [1.29, 1.82) is 0 Å². The number of fused-ring (bicyclic) bond motifs is 1. The number of anilines is 2. The molecule has 4 rings (SSSR count). The molecular formula is C23H18N4O3. The van der Waals surface area contributed by atoms with E-state index in [0.29, 0.717) is 22.2 Å². The van der Waals surface area contributed by atoms with Crippen molar-refractivity contribution >= 4 is 34.2 Å². The fraction of sp³-hybridized carbons (Fsp3) is 0. The summed E-state index contributed by atoms with van der Waals surface area (Å²) >= 11 is 0. The van der Waals surface area contributed by atoms with Gasteiger partial charge < -0.3 is 15.5 Å². The first-order valence-electron chi connectivity index (χ1n) is 9.20. The van der Waals surface area contributed by atoms with Gasteiger partial charge in [0.25, 0.3) is 11.8 Å². The molecule has 0 saturated carbocycles. The number of amides is 2. The van der Waals surface area contributed by atoms with Crippen LogP contribution in [0.2, 0.25) is 0 Å². The minimum atomic E-state index is -0.705. The molecule has 0 aliphatic carbocycles. The van der Waals surface area contributed by atoms with Crippen LogP contribution in [0.15, 0.2) is 94.4 Å². The van der Waals surface area contributed by atoms with E-state index in [1.54, 1.807) is 42.5 Å². The summed E-state index contributed by atoms with van der Waals surface area (Å²) in [5.74, 6) is -1.17. The van der Waals surface area contributed by atoms with Gasteiger partial charge in [0.15, 0.2) is 0 Å². The van der Waals surface area contributed by atoms with Gasteiger partial charge in [0.1, 0.15) is 11.1 Å². The molecule has 1 heterocycles. The first kappa shape index (κ1) is 18.9. The molecule has 30 heavy (non-hydrogen) atoms. The molecule has 3 aromatic carbocycles. The number of nitrogens with one attached hydrogen (secondary N) is 2. The number of primary amides is 1. The van der Waals surface area contributed by atoms with Crippen LogP contribution in [0.1, 0.15) is 20.7 Å². The average Bonchev–Trinajstić information content (AvgIpc) is 2.78. The first-order chi connectivity index (χ1) is 14.6. The van der Waals surface area contributed by atoms with Crippen molar-refractivity contribution in [3.05, 3.63) is 102 Å². The van der Waals surface area contributed by atoms with E-state index in [2.05, 4.69) is 15.8 Å². The highest BCUT2D eigenvalue weighted by Crippen LogP contribution is 2.20. The quantitative estimate of drug-likeness (QED) is 0.447. The zero-order valence-corrected chi connectivity index (χ0v) is 15.8. The fourth-order valence-electron chi connectivity index (χ4n) is 2.96. The van der Waals surface area contributed by atoms with Gasteiger partial charge in [-0.05, 0) is 36.4 Å². The van der Waals surface area contributed by atoms with Crippen LogP contribution in [-0.2, 0) is 0 Å². The lowest BCUT2D eigenvalue weighted by atomic mass is 10.1. The number of benzene rings is 3. The Kier molecular flexibility index (Phi) is 5.25. The second-order valence-electron chi connectivity index (χ2n) is 6.46. The van der Waals surface area contributed by atoms with Crippen molar-refractivity contribution in [1.82, 2.24) is 5.43 Å². The Bertz CT molecular complexity index is 1300. The zero-order valence-electron chi connectivity index (χ0n) is 15.8. The molecule has 2 amide bonds. The van der Waals surface area contributed by atoms with E-state index in [1.807, 2.05) is 42.5 Å². The smallest absolute Gasteiger partial charge is 0.273 e. The normalized spacial score (nSPS) is 11.3. The second-order valence-corrected chi connectivity index (χ2v) is 6.46. The van der Waals surface area contributed by atoms with Gasteiger partial charge >= 0.3 is 0 Å². The van der Waals surface area contributed by atoms with Crippen LogP contribution in [0, 0.1) is 0 Å². The van der Waals surface area contributed by atoms with Crippen molar-refractivity contribution in [3.8, 4) is 0 Å². The largest absolute Gasteiger partial charge is 0.436 e. The molecule has 148 valence electrons. The van der Waals surface area contributed by atoms with E-state index in [1.165, 1.54) is 0 Å². The Morgan fingerprint density at radius 3 is 2.33 bits per heavy atom. The van der Waals surface area contributed by atoms with E-state index >= 15 is 0 Å². The van der Waals surface area contributed by atoms with Crippen molar-refractivity contribution in [2.45, 2.75) is 0 Å². The van der Waals surface area contributed by atoms with Crippen LogP contribution in [0.25, 0.3) is 11.0 Å². The van der Waals surface area contributed by atoms with Crippen molar-refractivity contribution in [3.63, 3.8) is 0 Å². The molecule has 0 aliphatic heterocycles. The molecule has 0 radical (unpaired) electrons. The highest BCUT2D eigenvalue weighted by atomic mass is 16.3. The molecule has 0 aliphatic rings. The molecular weight excluding hydrogens is 380 g/mol. The number of nitrogens with zero attached hydrogens (tertiary/aromatic N) is 1. The van der Waals surface area contributed by atoms with Crippen molar-refractivity contribution < 1.29 is 14.0 Å². The van der Waals surface area contributed by atoms with Crippen LogP contribution >= 0.6 is 0 Å². The molecule has 0 fully saturated rings. The summed E-state index contributed by atoms with van der Waals surface area (Å²) in [6.07, 6.45) is 0. The number of carbonyl (C=O) groups excluding carboxylic acids is 2. The highest BCUT2D eigenvalue weighted by molar-refractivity contribution is 6.00. The molecule has 0 unspecified atom stereocenters. The summed E-state index contributed by atoms with van der Waals surface area (Å²) in [6.45, 7) is 0. The third-order valence-electron chi connectivity index (χ3n) is 4.40. The minimum Gasteiger partial charge on any atom is -0.436 e. The summed E-state index contributed by atoms with van der Waals surface area (Å²) in [5.41, 5.74) is 10.3. The topological polar surface area (TPSA) is 110 Å². The number of hydrogen-bond donors (Lipinski definition) is 3. The number of carbonyl (C=O) groups is 2. The highest BCUT2D eigenvalue weighted by Gasteiger charge is 2.13. The molecule has 7 heteroatoms. The Labute approximate surface area is 171 Å². The third kappa shape index (κ3) is 4.05. The summed E-state index contributed by atoms with van der Waals surface area (Å²) in [4.78, 5) is 24.6. The van der Waals surface area contributed by atoms with Gasteiger partial charge in [-0.15, -0.1) is 5.10 Å². The van der Waals surface area contributed by atoms with E-state index in [9.17, 15) is 9.59 Å². The average molecular weight is 398 g/mol. The Morgan fingerprint density at radius 2 is 1.53 bits per heavy atom. The lowest BCUT2D eigenvalue weighted by Gasteiger charge is -2.10. The number of para-hydroxylation sites is 3. The summed E-state index contributed by atoms with van der Waals surface area (Å²) in [5, 5.41) is 7.92. The molecule has 0 bridgehead atoms. The van der Waals surface area contributed by atoms with E-state index in [4.69, 9.17) is 10.2 Å². The van der Waals surface area contributed by atoms with Crippen LogP contribution < -0.4 is 22.0 Å². The van der Waals surface area contributed by atoms with Gasteiger partial charge in [-0.1, -0.05) is 48.5 Å². The molecule has 1 aromatic heterocycles. The van der Waals surface area contributed by atoms with Crippen molar-refractivity contribution in [2.24, 2.45) is 10.8 Å². The van der Waals surface area contributed by atoms with Gasteiger partial charge in [0, 0.05) is 11.1 Å². The molecule has 4 aromatic rings. The van der Waals surface area contributed by atoms with Crippen LogP contribution in [0.3, 0.4) is 0 Å². The lowest BCUT2D eigenvalue weighted by molar-refractivity contribution is 0.0947. The van der Waals surface area contributed by atoms with Gasteiger partial charge in [0.05, 0.1) is 11.3 Å². The van der Waals surface area contributed by atoms with Gasteiger partial charge in [-0.3, -0.25) is 9.59 Å². The predicted molar refractivity (Wildman–Crippen MR) is 114 cm³/mol. The van der Waals surface area contributed by atoms with Crippen LogP contribution in [0.4, 0.5) is 11.4 Å². The number of hydrogen-bond acceptors (Lipinski definition) is 5. The van der Waals surface area contributed by atoms with Crippen LogP contribution in [-0.4, -0.2) is 11.8 Å². The standard InChI is InChI=1S/C23H18N4O3/c24-21(28)18-14-15-8-4-7-13-20(15)30-23(18)27-26-22(29)17-11-5-6-12-19(17)25-16-9-2-1-3-10-16/h1-14,25H,(H2,24,28)(H,26,29). The van der Waals surface area contributed by atoms with E-state index in [0.717, 1.165) is 5.69 Å². The summed E-state index contributed by atoms with van der Waals surface area (Å²) in [6, 6.07) is 25.2. The maximum Gasteiger partial charge on any atom is 0.273 e. The lowest BCUT2D eigenvalue weighted by Crippen LogP contribution is -2.27. The maximum absolute atomic E-state index is 12.8. The van der Waals surface area contributed by atoms with Crippen LogP contribution in [0.5, 0.6) is 0 Å². The molecule has 4 N–H and O–H groups in total. The van der Waals surface area contributed by atoms with E-state index < -0.39 is 11.8 Å². The second kappa shape index (κ2) is 8.32. The van der Waals surface area contributed by atoms with Crippen molar-refractivity contribution in [2.75, 3.05) is 5.32 Å². The molecule has 7 nitrogen and oxygen atoms in total. The Hall–Kier alpha value is -4.39. The molecule has 0 atom stereocenters. The number of rotatable bonds is 5. The van der Waals surface area contributed by atoms with E-state index in [-0.39, 0.29) is 11.1 Å². The first-order valence-corrected chi connectivity index (χ1v) is 9.20. The van der Waals surface area contributed by atoms with Gasteiger partial charge in [0.2, 0.25) is 5.55 Å². The molecule has 0 saturated heterocycles. The zero-order chi connectivity index (χ0) is 20.9. The number of nitrogens with two attached hydrogens (primary N) is 1. The van der Waals surface area contributed by atoms with Gasteiger partial charge in [-0.2, -0.15) is 0 Å². The Balaban J connectivity index is 1.66. The Morgan fingerprint density at radius 1 is 0.833 bits per heavy atom. The van der Waals surface area contributed by atoms with Gasteiger partial charge in [-0.25, -0.2) is 5.43 Å². The SMILES string of the molecule is NC(=O)c1cc2ccccc2oc1=NNC(=O)c1ccccc1Nc1ccccc1. The maximum atomic E-state index is 12.8. The summed E-state index contributed by atoms with van der Waals surface area (Å²) < 4.78 is 5.67. The predicted octanol–water partition coefficient (Wildman–Crippen LogP) is 3.52. The molecule has 0 spiro atoms. The minimum absolute atomic E-state index is 0.0666. The summed E-state index contributed by atoms with van der Waals surface area (Å²) in [7, 11) is 0.